The Morgan fingerprint density at radius 2 is 1.37 bits per heavy atom. The summed E-state index contributed by atoms with van der Waals surface area (Å²) in [6.45, 7) is 9.96. The average molecular weight is 476 g/mol. The summed E-state index contributed by atoms with van der Waals surface area (Å²) in [5.74, 6) is 2.18. The van der Waals surface area contributed by atoms with Crippen LogP contribution in [0.15, 0.2) is 67.3 Å². The van der Waals surface area contributed by atoms with Gasteiger partial charge in [0, 0.05) is 24.3 Å². The molecular weight excluding hydrogens is 442 g/mol. The number of aromatic nitrogens is 2. The number of hydrogen-bond acceptors (Lipinski definition) is 6. The van der Waals surface area contributed by atoms with Gasteiger partial charge in [-0.05, 0) is 56.2 Å². The molecule has 3 aromatic rings. The van der Waals surface area contributed by atoms with Crippen molar-refractivity contribution in [2.45, 2.75) is 70.6 Å². The molecule has 1 saturated carbocycles. The molecule has 0 bridgehead atoms. The van der Waals surface area contributed by atoms with Crippen LogP contribution < -0.4 is 14.8 Å². The van der Waals surface area contributed by atoms with Gasteiger partial charge in [-0.2, -0.15) is 0 Å². The van der Waals surface area contributed by atoms with Crippen molar-refractivity contribution in [2.75, 3.05) is 0 Å². The van der Waals surface area contributed by atoms with Crippen molar-refractivity contribution in [3.8, 4) is 17.2 Å². The van der Waals surface area contributed by atoms with Gasteiger partial charge in [0.15, 0.2) is 5.75 Å². The largest absolute Gasteiger partial charge is 0.490 e. The van der Waals surface area contributed by atoms with Gasteiger partial charge in [-0.1, -0.05) is 38.1 Å². The summed E-state index contributed by atoms with van der Waals surface area (Å²) in [4.78, 5) is 19.8. The molecule has 0 aliphatic heterocycles. The number of carbonyl (C=O) groups excluding carboxylic acids is 1. The summed E-state index contributed by atoms with van der Waals surface area (Å²) in [5.41, 5.74) is 1.68. The van der Waals surface area contributed by atoms with Crippen LogP contribution in [0, 0.1) is 0 Å². The molecule has 1 N–H and O–H groups in total. The lowest BCUT2D eigenvalue weighted by molar-refractivity contribution is 0.0363. The highest BCUT2D eigenvalue weighted by Gasteiger charge is 2.33. The van der Waals surface area contributed by atoms with Crippen LogP contribution in [0.3, 0.4) is 0 Å². The third-order valence-electron chi connectivity index (χ3n) is 6.04. The fraction of sp³-hybridized carbons (Fsp3) is 0.393. The first-order valence-electron chi connectivity index (χ1n) is 11.9. The number of amides is 1. The van der Waals surface area contributed by atoms with Crippen LogP contribution in [0.25, 0.3) is 0 Å². The Kier molecular flexibility index (Phi) is 6.96. The van der Waals surface area contributed by atoms with Crippen LogP contribution in [-0.2, 0) is 10.2 Å². The van der Waals surface area contributed by atoms with Gasteiger partial charge in [-0.25, -0.2) is 14.8 Å². The molecule has 0 spiro atoms. The Hall–Kier alpha value is -3.61. The first-order valence-corrected chi connectivity index (χ1v) is 11.9. The number of nitrogens with one attached hydrogen (secondary N) is 1. The second-order valence-electron chi connectivity index (χ2n) is 10.4. The maximum absolute atomic E-state index is 11.9. The Bertz CT molecular complexity index is 1120. The van der Waals surface area contributed by atoms with E-state index in [2.05, 4.69) is 53.4 Å². The fourth-order valence-corrected chi connectivity index (χ4v) is 3.98. The maximum Gasteiger partial charge on any atom is 0.407 e. The van der Waals surface area contributed by atoms with Crippen LogP contribution in [0.4, 0.5) is 4.79 Å². The number of benzene rings is 2. The Morgan fingerprint density at radius 3 is 1.91 bits per heavy atom. The molecule has 1 amide bonds. The predicted octanol–water partition coefficient (Wildman–Crippen LogP) is 6.03. The van der Waals surface area contributed by atoms with E-state index in [1.807, 2.05) is 45.0 Å². The summed E-state index contributed by atoms with van der Waals surface area (Å²) < 4.78 is 17.2. The van der Waals surface area contributed by atoms with E-state index in [-0.39, 0.29) is 23.7 Å². The van der Waals surface area contributed by atoms with Crippen LogP contribution in [-0.4, -0.2) is 33.8 Å². The molecule has 0 unspecified atom stereocenters. The van der Waals surface area contributed by atoms with Crippen molar-refractivity contribution in [3.05, 3.63) is 78.4 Å². The summed E-state index contributed by atoms with van der Waals surface area (Å²) in [6.07, 6.45) is 6.01. The quantitative estimate of drug-likeness (QED) is 0.449. The van der Waals surface area contributed by atoms with Gasteiger partial charge in [-0.15, -0.1) is 0 Å². The number of carbonyl (C=O) groups is 1. The standard InChI is InChI=1S/C28H33N3O4/c1-27(2,3)35-26(32)31-21-14-24(15-21)33-22-10-6-19(7-11-22)28(4,5)20-8-12-23(13-9-20)34-25-16-29-18-30-17-25/h6-13,16-18,21,24H,14-15H2,1-5H3,(H,31,32). The zero-order chi connectivity index (χ0) is 25.1. The van der Waals surface area contributed by atoms with E-state index >= 15 is 0 Å². The predicted molar refractivity (Wildman–Crippen MR) is 134 cm³/mol. The van der Waals surface area contributed by atoms with Crippen molar-refractivity contribution < 1.29 is 19.0 Å². The molecule has 35 heavy (non-hydrogen) atoms. The van der Waals surface area contributed by atoms with E-state index in [1.54, 1.807) is 12.4 Å². The summed E-state index contributed by atoms with van der Waals surface area (Å²) >= 11 is 0. The molecule has 1 aromatic heterocycles. The van der Waals surface area contributed by atoms with E-state index in [9.17, 15) is 4.79 Å². The average Bonchev–Trinajstić information content (AvgIpc) is 2.78. The van der Waals surface area contributed by atoms with Gasteiger partial charge in [0.05, 0.1) is 12.4 Å². The van der Waals surface area contributed by atoms with Gasteiger partial charge < -0.3 is 19.5 Å². The second kappa shape index (κ2) is 9.94. The summed E-state index contributed by atoms with van der Waals surface area (Å²) in [5, 5.41) is 2.90. The fourth-order valence-electron chi connectivity index (χ4n) is 3.98. The molecule has 7 heteroatoms. The van der Waals surface area contributed by atoms with Crippen molar-refractivity contribution in [1.29, 1.82) is 0 Å². The molecule has 4 rings (SSSR count). The number of hydrogen-bond donors (Lipinski definition) is 1. The lowest BCUT2D eigenvalue weighted by Gasteiger charge is -2.36. The zero-order valence-corrected chi connectivity index (χ0v) is 20.9. The van der Waals surface area contributed by atoms with Gasteiger partial charge in [0.1, 0.15) is 29.5 Å². The van der Waals surface area contributed by atoms with Gasteiger partial charge >= 0.3 is 6.09 Å². The highest BCUT2D eigenvalue weighted by atomic mass is 16.6. The summed E-state index contributed by atoms with van der Waals surface area (Å²) in [6, 6.07) is 16.4. The molecule has 0 atom stereocenters. The number of nitrogens with zero attached hydrogens (tertiary/aromatic N) is 2. The Morgan fingerprint density at radius 1 is 0.829 bits per heavy atom. The minimum Gasteiger partial charge on any atom is -0.490 e. The first-order chi connectivity index (χ1) is 16.6. The SMILES string of the molecule is CC(C)(C)OC(=O)NC1CC(Oc2ccc(C(C)(C)c3ccc(Oc4cncnc4)cc3)cc2)C1. The van der Waals surface area contributed by atoms with E-state index < -0.39 is 5.60 Å². The topological polar surface area (TPSA) is 82.6 Å². The molecule has 184 valence electrons. The lowest BCUT2D eigenvalue weighted by atomic mass is 9.78. The van der Waals surface area contributed by atoms with E-state index in [1.165, 1.54) is 17.5 Å². The molecule has 1 aliphatic rings. The second-order valence-corrected chi connectivity index (χ2v) is 10.4. The van der Waals surface area contributed by atoms with Gasteiger partial charge in [0.2, 0.25) is 0 Å². The normalized spacial score (nSPS) is 17.7. The third-order valence-corrected chi connectivity index (χ3v) is 6.04. The molecule has 0 radical (unpaired) electrons. The van der Waals surface area contributed by atoms with Crippen LogP contribution >= 0.6 is 0 Å². The Labute approximate surface area is 206 Å². The van der Waals surface area contributed by atoms with Gasteiger partial charge in [-0.3, -0.25) is 0 Å². The van der Waals surface area contributed by atoms with Crippen molar-refractivity contribution in [2.24, 2.45) is 0 Å². The maximum atomic E-state index is 11.9. The molecule has 7 nitrogen and oxygen atoms in total. The molecule has 1 heterocycles. The van der Waals surface area contributed by atoms with E-state index in [4.69, 9.17) is 14.2 Å². The molecule has 0 saturated heterocycles. The van der Waals surface area contributed by atoms with Crippen molar-refractivity contribution >= 4 is 6.09 Å². The molecule has 1 aliphatic carbocycles. The molecule has 1 fully saturated rings. The number of alkyl carbamates (subject to hydrolysis) is 1. The highest BCUT2D eigenvalue weighted by Crippen LogP contribution is 2.34. The molecule has 2 aromatic carbocycles. The zero-order valence-electron chi connectivity index (χ0n) is 20.9. The first kappa shape index (κ1) is 24.5. The summed E-state index contributed by atoms with van der Waals surface area (Å²) in [7, 11) is 0. The van der Waals surface area contributed by atoms with E-state index in [0.29, 0.717) is 5.75 Å². The monoisotopic (exact) mass is 475 g/mol. The van der Waals surface area contributed by atoms with Crippen LogP contribution in [0.2, 0.25) is 0 Å². The van der Waals surface area contributed by atoms with Crippen LogP contribution in [0.5, 0.6) is 17.2 Å². The van der Waals surface area contributed by atoms with Gasteiger partial charge in [0.25, 0.3) is 0 Å². The van der Waals surface area contributed by atoms with E-state index in [0.717, 1.165) is 24.3 Å². The van der Waals surface area contributed by atoms with Crippen LogP contribution in [0.1, 0.15) is 58.6 Å². The van der Waals surface area contributed by atoms with Crippen molar-refractivity contribution in [3.63, 3.8) is 0 Å². The lowest BCUT2D eigenvalue weighted by Crippen LogP contribution is -2.50. The third kappa shape index (κ3) is 6.50. The minimum absolute atomic E-state index is 0.0921. The van der Waals surface area contributed by atoms with Crippen molar-refractivity contribution in [1.82, 2.24) is 15.3 Å². The smallest absolute Gasteiger partial charge is 0.407 e. The highest BCUT2D eigenvalue weighted by molar-refractivity contribution is 5.68. The molecular formula is C28H33N3O4. The number of ether oxygens (including phenoxy) is 3. The Balaban J connectivity index is 1.30. The minimum atomic E-state index is -0.493. The number of rotatable bonds is 7.